The second-order valence-electron chi connectivity index (χ2n) is 10.4. The summed E-state index contributed by atoms with van der Waals surface area (Å²) in [5.74, 6) is 0.379. The molecule has 0 saturated heterocycles. The Balaban J connectivity index is 1.62. The standard InChI is InChI=1S/C29H34ClF3N3O5/c1-35-26-22(19-36(2,28(35)38)13-15-39-16-14-37)12-11-21(10-9-20-5-3-6-23(30)17-20)27(34-26)40-24-7-4-8-25(18-24)41-29(31,32)33/h3-8,17-18,21,37H,9-16,19H2,1-2H3/q+1. The van der Waals surface area contributed by atoms with Gasteiger partial charge >= 0.3 is 12.4 Å². The summed E-state index contributed by atoms with van der Waals surface area (Å²) in [5, 5.41) is 9.63. The zero-order valence-electron chi connectivity index (χ0n) is 23.0. The largest absolute Gasteiger partial charge is 0.573 e. The van der Waals surface area contributed by atoms with Crippen LogP contribution in [-0.4, -0.2) is 79.8 Å². The van der Waals surface area contributed by atoms with Crippen LogP contribution in [-0.2, 0) is 11.2 Å². The molecule has 2 amide bonds. The number of benzene rings is 2. The van der Waals surface area contributed by atoms with Crippen LogP contribution >= 0.6 is 11.6 Å². The number of aliphatic hydroxyl groups is 1. The average Bonchev–Trinajstić information content (AvgIpc) is 3.07. The van der Waals surface area contributed by atoms with E-state index in [4.69, 9.17) is 31.2 Å². The van der Waals surface area contributed by atoms with Crippen molar-refractivity contribution in [2.45, 2.75) is 32.0 Å². The first-order valence-electron chi connectivity index (χ1n) is 13.4. The van der Waals surface area contributed by atoms with Crippen LogP contribution in [0.5, 0.6) is 11.5 Å². The number of aliphatic imine (C=N–C) groups is 1. The molecule has 0 spiro atoms. The Hall–Kier alpha value is -3.12. The van der Waals surface area contributed by atoms with Gasteiger partial charge in [-0.2, -0.15) is 4.99 Å². The van der Waals surface area contributed by atoms with Gasteiger partial charge in [0.05, 0.1) is 26.9 Å². The second kappa shape index (κ2) is 13.2. The van der Waals surface area contributed by atoms with Gasteiger partial charge in [-0.1, -0.05) is 29.8 Å². The van der Waals surface area contributed by atoms with Crippen molar-refractivity contribution in [2.75, 3.05) is 47.0 Å². The third-order valence-electron chi connectivity index (χ3n) is 7.18. The van der Waals surface area contributed by atoms with Crippen LogP contribution in [0, 0.1) is 5.92 Å². The zero-order valence-corrected chi connectivity index (χ0v) is 23.7. The minimum absolute atomic E-state index is 0.0911. The normalized spacial score (nSPS) is 21.3. The number of aliphatic hydroxyl groups excluding tert-OH is 1. The molecule has 0 fully saturated rings. The summed E-state index contributed by atoms with van der Waals surface area (Å²) in [6.45, 7) is 1.29. The van der Waals surface area contributed by atoms with Crippen LogP contribution in [0.15, 0.2) is 64.9 Å². The molecule has 222 valence electrons. The van der Waals surface area contributed by atoms with Gasteiger partial charge in [0.2, 0.25) is 0 Å². The summed E-state index contributed by atoms with van der Waals surface area (Å²) in [5.41, 5.74) is 2.02. The predicted octanol–water partition coefficient (Wildman–Crippen LogP) is 5.79. The van der Waals surface area contributed by atoms with Gasteiger partial charge < -0.3 is 19.3 Å². The Labute approximate surface area is 242 Å². The SMILES string of the molecule is CN1C(=O)[N+](C)(CCOCCO)CC2=C1N=C(Oc1cccc(OC(F)(F)F)c1)C(CCc1cccc(Cl)c1)CC2. The molecular weight excluding hydrogens is 563 g/mol. The van der Waals surface area contributed by atoms with Crippen molar-refractivity contribution in [2.24, 2.45) is 10.9 Å². The molecule has 41 heavy (non-hydrogen) atoms. The molecule has 2 aromatic rings. The number of alkyl halides is 3. The van der Waals surface area contributed by atoms with Crippen LogP contribution in [0.3, 0.4) is 0 Å². The molecule has 2 atom stereocenters. The number of carbonyl (C=O) groups is 1. The van der Waals surface area contributed by atoms with E-state index in [0.717, 1.165) is 11.1 Å². The molecule has 2 aliphatic rings. The zero-order chi connectivity index (χ0) is 29.6. The van der Waals surface area contributed by atoms with Crippen LogP contribution in [0.4, 0.5) is 18.0 Å². The van der Waals surface area contributed by atoms with Gasteiger partial charge in [0.15, 0.2) is 5.90 Å². The Kier molecular flexibility index (Phi) is 9.96. The smallest absolute Gasteiger partial charge is 0.442 e. The molecular formula is C29H34ClF3N3O5+. The molecule has 2 heterocycles. The highest BCUT2D eigenvalue weighted by molar-refractivity contribution is 6.30. The number of urea groups is 1. The van der Waals surface area contributed by atoms with Crippen LogP contribution in [0.2, 0.25) is 5.02 Å². The second-order valence-corrected chi connectivity index (χ2v) is 10.8. The third-order valence-corrected chi connectivity index (χ3v) is 7.41. The van der Waals surface area contributed by atoms with Gasteiger partial charge in [0, 0.05) is 29.6 Å². The van der Waals surface area contributed by atoms with E-state index in [0.29, 0.717) is 62.1 Å². The van der Waals surface area contributed by atoms with Gasteiger partial charge in [-0.25, -0.2) is 14.2 Å². The lowest BCUT2D eigenvalue weighted by atomic mass is 9.93. The predicted molar refractivity (Wildman–Crippen MR) is 148 cm³/mol. The number of carbonyl (C=O) groups excluding carboxylic acids is 1. The van der Waals surface area contributed by atoms with Gasteiger partial charge in [-0.15, -0.1) is 13.2 Å². The maximum Gasteiger partial charge on any atom is 0.573 e. The number of nitrogens with zero attached hydrogens (tertiary/aromatic N) is 3. The quantitative estimate of drug-likeness (QED) is 0.277. The van der Waals surface area contributed by atoms with Crippen molar-refractivity contribution in [3.8, 4) is 11.5 Å². The number of halogens is 4. The van der Waals surface area contributed by atoms with Crippen LogP contribution < -0.4 is 9.47 Å². The first kappa shape index (κ1) is 30.8. The minimum atomic E-state index is -4.84. The fourth-order valence-corrected chi connectivity index (χ4v) is 5.35. The summed E-state index contributed by atoms with van der Waals surface area (Å²) >= 11 is 6.17. The summed E-state index contributed by atoms with van der Waals surface area (Å²) in [6, 6.07) is 12.7. The maximum absolute atomic E-state index is 13.5. The number of ether oxygens (including phenoxy) is 3. The van der Waals surface area contributed by atoms with Crippen molar-refractivity contribution in [3.05, 3.63) is 70.5 Å². The topological polar surface area (TPSA) is 80.6 Å². The van der Waals surface area contributed by atoms with Gasteiger partial charge in [0.1, 0.15) is 30.4 Å². The first-order valence-corrected chi connectivity index (χ1v) is 13.8. The van der Waals surface area contributed by atoms with E-state index in [1.54, 1.807) is 13.1 Å². The number of rotatable bonds is 10. The number of amides is 2. The summed E-state index contributed by atoms with van der Waals surface area (Å²) in [4.78, 5) is 19.8. The minimum Gasteiger partial charge on any atom is -0.442 e. The Bertz CT molecular complexity index is 1300. The molecule has 0 saturated carbocycles. The van der Waals surface area contributed by atoms with E-state index < -0.39 is 12.1 Å². The molecule has 2 aliphatic heterocycles. The van der Waals surface area contributed by atoms with Crippen molar-refractivity contribution in [1.82, 2.24) is 4.90 Å². The van der Waals surface area contributed by atoms with E-state index >= 15 is 0 Å². The molecule has 0 bridgehead atoms. The molecule has 0 radical (unpaired) electrons. The Morgan fingerprint density at radius 1 is 1.15 bits per heavy atom. The van der Waals surface area contributed by atoms with E-state index in [9.17, 15) is 18.0 Å². The Morgan fingerprint density at radius 2 is 1.90 bits per heavy atom. The highest BCUT2D eigenvalue weighted by Crippen LogP contribution is 2.35. The molecule has 8 nitrogen and oxygen atoms in total. The molecule has 0 aliphatic carbocycles. The lowest BCUT2D eigenvalue weighted by Crippen LogP contribution is -2.59. The third kappa shape index (κ3) is 8.22. The van der Waals surface area contributed by atoms with Gasteiger partial charge in [-0.05, 0) is 55.5 Å². The highest BCUT2D eigenvalue weighted by atomic mass is 35.5. The summed E-state index contributed by atoms with van der Waals surface area (Å²) in [6.07, 6.45) is -2.18. The van der Waals surface area contributed by atoms with Crippen molar-refractivity contribution in [1.29, 1.82) is 0 Å². The van der Waals surface area contributed by atoms with E-state index in [1.807, 2.05) is 25.2 Å². The van der Waals surface area contributed by atoms with Gasteiger partial charge in [-0.3, -0.25) is 0 Å². The number of hydrogen-bond donors (Lipinski definition) is 1. The number of likely N-dealkylation sites (N-methyl/N-ethyl adjacent to an activating group) is 1. The average molecular weight is 597 g/mol. The van der Waals surface area contributed by atoms with E-state index in [-0.39, 0.29) is 35.4 Å². The number of quaternary nitrogens is 1. The fraction of sp³-hybridized carbons (Fsp3) is 0.448. The molecule has 0 aromatic heterocycles. The van der Waals surface area contributed by atoms with Crippen LogP contribution in [0.25, 0.3) is 0 Å². The summed E-state index contributed by atoms with van der Waals surface area (Å²) < 4.78 is 54.2. The molecule has 1 N–H and O–H groups in total. The highest BCUT2D eigenvalue weighted by Gasteiger charge is 2.44. The molecule has 4 rings (SSSR count). The monoisotopic (exact) mass is 596 g/mol. The molecule has 2 aromatic carbocycles. The van der Waals surface area contributed by atoms with Crippen LogP contribution in [0.1, 0.15) is 24.8 Å². The number of hydrogen-bond acceptors (Lipinski definition) is 6. The van der Waals surface area contributed by atoms with Crippen molar-refractivity contribution in [3.63, 3.8) is 0 Å². The van der Waals surface area contributed by atoms with E-state index in [1.165, 1.54) is 29.2 Å². The van der Waals surface area contributed by atoms with Gasteiger partial charge in [0.25, 0.3) is 0 Å². The lowest BCUT2D eigenvalue weighted by molar-refractivity contribution is -0.831. The van der Waals surface area contributed by atoms with Crippen molar-refractivity contribution >= 4 is 23.5 Å². The molecule has 2 unspecified atom stereocenters. The fourth-order valence-electron chi connectivity index (χ4n) is 5.13. The number of aryl methyl sites for hydroxylation is 1. The Morgan fingerprint density at radius 3 is 2.63 bits per heavy atom. The van der Waals surface area contributed by atoms with Crippen molar-refractivity contribution < 1.29 is 41.8 Å². The lowest BCUT2D eigenvalue weighted by Gasteiger charge is -2.39. The molecule has 12 heteroatoms. The first-order chi connectivity index (χ1) is 19.5. The maximum atomic E-state index is 13.5. The summed E-state index contributed by atoms with van der Waals surface area (Å²) in [7, 11) is 3.51. The van der Waals surface area contributed by atoms with E-state index in [2.05, 4.69) is 4.74 Å².